The van der Waals surface area contributed by atoms with Gasteiger partial charge in [0, 0.05) is 22.2 Å². The lowest BCUT2D eigenvalue weighted by Crippen LogP contribution is -2.04. The van der Waals surface area contributed by atoms with Gasteiger partial charge in [0.15, 0.2) is 0 Å². The Morgan fingerprint density at radius 2 is 1.24 bits per heavy atom. The van der Waals surface area contributed by atoms with Gasteiger partial charge in [0.1, 0.15) is 0 Å². The second-order valence-corrected chi connectivity index (χ2v) is 13.0. The van der Waals surface area contributed by atoms with Crippen LogP contribution in [0, 0.1) is 0 Å². The van der Waals surface area contributed by atoms with Crippen molar-refractivity contribution >= 4 is 33.2 Å². The van der Waals surface area contributed by atoms with Crippen LogP contribution in [0.1, 0.15) is 27.8 Å². The summed E-state index contributed by atoms with van der Waals surface area (Å²) in [4.78, 5) is 5.21. The summed E-state index contributed by atoms with van der Waals surface area (Å²) in [6, 6.07) is 60.3. The molecule has 3 nitrogen and oxygen atoms in total. The minimum atomic E-state index is 0.556. The van der Waals surface area contributed by atoms with E-state index in [-0.39, 0.29) is 0 Å². The largest absolute Gasteiger partial charge is 0.398 e. The summed E-state index contributed by atoms with van der Waals surface area (Å²) < 4.78 is 2.37. The summed E-state index contributed by atoms with van der Waals surface area (Å²) in [6.45, 7) is 0.556. The van der Waals surface area contributed by atoms with Gasteiger partial charge in [-0.3, -0.25) is 4.99 Å². The quantitative estimate of drug-likeness (QED) is 0.173. The van der Waals surface area contributed by atoms with E-state index in [1.54, 1.807) is 0 Å². The molecule has 1 heterocycles. The lowest BCUT2D eigenvalue weighted by Gasteiger charge is -2.12. The summed E-state index contributed by atoms with van der Waals surface area (Å²) >= 11 is 0. The number of nitrogens with two attached hydrogens (primary N) is 1. The number of rotatable bonds is 7. The highest BCUT2D eigenvalue weighted by Gasteiger charge is 2.22. The van der Waals surface area contributed by atoms with Crippen molar-refractivity contribution in [2.75, 3.05) is 0 Å². The van der Waals surface area contributed by atoms with E-state index in [1.807, 2.05) is 54.6 Å². The third kappa shape index (κ3) is 5.30. The zero-order valence-electron chi connectivity index (χ0n) is 27.6. The van der Waals surface area contributed by atoms with Crippen LogP contribution in [0.3, 0.4) is 0 Å². The van der Waals surface area contributed by atoms with Gasteiger partial charge in [-0.1, -0.05) is 133 Å². The van der Waals surface area contributed by atoms with Crippen LogP contribution < -0.4 is 5.73 Å². The predicted molar refractivity (Wildman–Crippen MR) is 210 cm³/mol. The maximum absolute atomic E-state index is 6.60. The second-order valence-electron chi connectivity index (χ2n) is 13.0. The van der Waals surface area contributed by atoms with Gasteiger partial charge < -0.3 is 10.3 Å². The van der Waals surface area contributed by atoms with Crippen molar-refractivity contribution in [1.82, 2.24) is 4.57 Å². The number of aliphatic imine (C=N–C) groups is 1. The molecule has 0 unspecified atom stereocenters. The van der Waals surface area contributed by atoms with Crippen LogP contribution in [0.5, 0.6) is 0 Å². The van der Waals surface area contributed by atoms with E-state index in [9.17, 15) is 0 Å². The number of aromatic nitrogens is 1. The minimum Gasteiger partial charge on any atom is -0.398 e. The molecule has 238 valence electrons. The Morgan fingerprint density at radius 3 is 2.04 bits per heavy atom. The minimum absolute atomic E-state index is 0.556. The van der Waals surface area contributed by atoms with Gasteiger partial charge in [-0.15, -0.1) is 0 Å². The van der Waals surface area contributed by atoms with Crippen LogP contribution in [-0.2, 0) is 13.0 Å². The number of fused-ring (bicyclic) bond motifs is 6. The molecule has 0 saturated carbocycles. The monoisotopic (exact) mass is 641 g/mol. The molecular weight excluding hydrogens is 607 g/mol. The Balaban J connectivity index is 1.11. The van der Waals surface area contributed by atoms with Gasteiger partial charge in [0.05, 0.1) is 23.3 Å². The van der Waals surface area contributed by atoms with Gasteiger partial charge in [0.2, 0.25) is 0 Å². The molecule has 0 aliphatic heterocycles. The Kier molecular flexibility index (Phi) is 7.44. The number of nitrogens with zero attached hydrogens (tertiary/aromatic N) is 2. The molecule has 7 aromatic carbocycles. The topological polar surface area (TPSA) is 43.3 Å². The molecule has 0 radical (unpaired) electrons. The summed E-state index contributed by atoms with van der Waals surface area (Å²) in [7, 11) is 0. The molecule has 8 aromatic rings. The standard InChI is InChI=1S/C47H35N3/c48-43(32-13-4-1-5-14-32)30-44(33-15-6-2-7-16-33)49-31-38-18-12-17-37-27-36-24-23-34(28-41(36)47(37)38)35-25-26-46-42(29-35)40-21-10-11-22-45(40)50(46)39-19-8-3-9-20-39/h1-26,28-30H,27,31,48H2/b43-30-,49-44?. The van der Waals surface area contributed by atoms with Crippen molar-refractivity contribution in [3.05, 3.63) is 204 Å². The van der Waals surface area contributed by atoms with Gasteiger partial charge in [-0.2, -0.15) is 0 Å². The third-order valence-electron chi connectivity index (χ3n) is 9.91. The predicted octanol–water partition coefficient (Wildman–Crippen LogP) is 11.0. The first-order chi connectivity index (χ1) is 24.7. The molecule has 2 N–H and O–H groups in total. The average Bonchev–Trinajstić information content (AvgIpc) is 3.73. The maximum Gasteiger partial charge on any atom is 0.0671 e. The van der Waals surface area contributed by atoms with Crippen molar-refractivity contribution in [3.8, 4) is 27.9 Å². The average molecular weight is 642 g/mol. The third-order valence-corrected chi connectivity index (χ3v) is 9.91. The fraction of sp³-hybridized carbons (Fsp3) is 0.0426. The first-order valence-corrected chi connectivity index (χ1v) is 17.2. The smallest absolute Gasteiger partial charge is 0.0671 e. The Labute approximate surface area is 292 Å². The lowest BCUT2D eigenvalue weighted by atomic mass is 9.95. The van der Waals surface area contributed by atoms with E-state index in [4.69, 9.17) is 10.7 Å². The van der Waals surface area contributed by atoms with Crippen molar-refractivity contribution in [2.24, 2.45) is 10.7 Å². The molecule has 1 aliphatic rings. The Morgan fingerprint density at radius 1 is 0.580 bits per heavy atom. The van der Waals surface area contributed by atoms with Crippen molar-refractivity contribution in [2.45, 2.75) is 13.0 Å². The summed E-state index contributed by atoms with van der Waals surface area (Å²) in [5.74, 6) is 0. The van der Waals surface area contributed by atoms with Crippen molar-refractivity contribution in [1.29, 1.82) is 0 Å². The molecule has 1 aliphatic carbocycles. The molecule has 0 bridgehead atoms. The second kappa shape index (κ2) is 12.5. The van der Waals surface area contributed by atoms with Crippen LogP contribution in [0.4, 0.5) is 0 Å². The van der Waals surface area contributed by atoms with Gasteiger partial charge in [-0.05, 0) is 99.0 Å². The van der Waals surface area contributed by atoms with Crippen LogP contribution in [-0.4, -0.2) is 10.3 Å². The fourth-order valence-electron chi connectivity index (χ4n) is 7.49. The van der Waals surface area contributed by atoms with Crippen LogP contribution >= 0.6 is 0 Å². The first-order valence-electron chi connectivity index (χ1n) is 17.2. The summed E-state index contributed by atoms with van der Waals surface area (Å²) in [5.41, 5.74) is 22.8. The number of hydrogen-bond donors (Lipinski definition) is 1. The Hall–Kier alpha value is -6.45. The van der Waals surface area contributed by atoms with E-state index in [0.717, 1.165) is 23.3 Å². The lowest BCUT2D eigenvalue weighted by molar-refractivity contribution is 1.07. The van der Waals surface area contributed by atoms with Crippen LogP contribution in [0.2, 0.25) is 0 Å². The maximum atomic E-state index is 6.60. The molecule has 0 atom stereocenters. The van der Waals surface area contributed by atoms with E-state index >= 15 is 0 Å². The fourth-order valence-corrected chi connectivity index (χ4v) is 7.49. The molecule has 50 heavy (non-hydrogen) atoms. The first kappa shape index (κ1) is 29.7. The summed E-state index contributed by atoms with van der Waals surface area (Å²) in [6.07, 6.45) is 2.93. The molecular formula is C47H35N3. The van der Waals surface area contributed by atoms with E-state index in [0.29, 0.717) is 12.2 Å². The molecule has 0 saturated heterocycles. The molecule has 3 heteroatoms. The zero-order chi connectivity index (χ0) is 33.4. The molecule has 0 spiro atoms. The van der Waals surface area contributed by atoms with Crippen LogP contribution in [0.25, 0.3) is 55.4 Å². The molecule has 0 fully saturated rings. The van der Waals surface area contributed by atoms with E-state index < -0.39 is 0 Å². The number of allylic oxidation sites excluding steroid dienone is 1. The SMILES string of the molecule is N/C(=C\C(=NCc1cccc2c1-c1cc(-c3ccc4c(c3)c3ccccc3n4-c3ccccc3)ccc1C2)c1ccccc1)c1ccccc1. The number of benzene rings is 7. The van der Waals surface area contributed by atoms with Gasteiger partial charge in [0.25, 0.3) is 0 Å². The summed E-state index contributed by atoms with van der Waals surface area (Å²) in [5, 5.41) is 2.52. The highest BCUT2D eigenvalue weighted by molar-refractivity contribution is 6.12. The number of hydrogen-bond acceptors (Lipinski definition) is 2. The normalized spacial score (nSPS) is 12.7. The zero-order valence-corrected chi connectivity index (χ0v) is 27.6. The van der Waals surface area contributed by atoms with E-state index in [1.165, 1.54) is 66.4 Å². The van der Waals surface area contributed by atoms with Crippen LogP contribution in [0.15, 0.2) is 181 Å². The van der Waals surface area contributed by atoms with Gasteiger partial charge >= 0.3 is 0 Å². The molecule has 1 aromatic heterocycles. The van der Waals surface area contributed by atoms with Crippen molar-refractivity contribution < 1.29 is 0 Å². The molecule has 9 rings (SSSR count). The number of para-hydroxylation sites is 2. The molecule has 0 amide bonds. The van der Waals surface area contributed by atoms with Crippen molar-refractivity contribution in [3.63, 3.8) is 0 Å². The highest BCUT2D eigenvalue weighted by Crippen LogP contribution is 2.42. The van der Waals surface area contributed by atoms with Gasteiger partial charge in [-0.25, -0.2) is 0 Å². The van der Waals surface area contributed by atoms with E-state index in [2.05, 4.69) is 126 Å². The highest BCUT2D eigenvalue weighted by atomic mass is 15.0. The Bertz CT molecular complexity index is 2580.